The lowest BCUT2D eigenvalue weighted by Gasteiger charge is -2.15. The van der Waals surface area contributed by atoms with Gasteiger partial charge in [0.15, 0.2) is 0 Å². The molecule has 0 aliphatic rings. The molecule has 0 aliphatic carbocycles. The molecule has 0 heterocycles. The lowest BCUT2D eigenvalue weighted by Crippen LogP contribution is -2.28. The van der Waals surface area contributed by atoms with Gasteiger partial charge >= 0.3 is 0 Å². The molecule has 86 valence electrons. The summed E-state index contributed by atoms with van der Waals surface area (Å²) in [4.78, 5) is 0. The predicted molar refractivity (Wildman–Crippen MR) is 59.1 cm³/mol. The number of nitrogens with one attached hydrogen (secondary N) is 1. The van der Waals surface area contributed by atoms with Crippen molar-refractivity contribution < 1.29 is 8.78 Å². The topological polar surface area (TPSA) is 38.0 Å². The Bertz CT molecular complexity index is 387. The highest BCUT2D eigenvalue weighted by Crippen LogP contribution is 2.19. The highest BCUT2D eigenvalue weighted by atomic mass is 19.1. The van der Waals surface area contributed by atoms with Crippen molar-refractivity contribution in [2.45, 2.75) is 25.8 Å². The van der Waals surface area contributed by atoms with Crippen molar-refractivity contribution in [3.8, 4) is 11.8 Å². The van der Waals surface area contributed by atoms with E-state index in [1.165, 1.54) is 12.1 Å². The Balaban J connectivity index is 2.80. The lowest BCUT2D eigenvalue weighted by molar-refractivity contribution is 0.509. The second-order valence-electron chi connectivity index (χ2n) is 3.39. The van der Waals surface area contributed by atoms with Gasteiger partial charge in [0, 0.05) is 18.5 Å². The van der Waals surface area contributed by atoms with E-state index in [-0.39, 0.29) is 6.04 Å². The van der Waals surface area contributed by atoms with E-state index >= 15 is 0 Å². The Morgan fingerprint density at radius 3 is 2.44 bits per heavy atom. The molecule has 0 aromatic heterocycles. The van der Waals surface area contributed by atoms with Crippen molar-refractivity contribution in [2.75, 3.05) is 0 Å². The minimum absolute atomic E-state index is 0.286. The van der Waals surface area contributed by atoms with Gasteiger partial charge in [-0.25, -0.2) is 8.78 Å². The van der Waals surface area contributed by atoms with Crippen molar-refractivity contribution in [3.63, 3.8) is 0 Å². The average molecular weight is 224 g/mol. The van der Waals surface area contributed by atoms with E-state index in [4.69, 9.17) is 5.84 Å². The molecule has 1 unspecified atom stereocenters. The Kier molecular flexibility index (Phi) is 4.90. The third-order valence-electron chi connectivity index (χ3n) is 2.22. The standard InChI is InChI=1S/C12H14F2N2/c1-2-3-4-5-12(16-15)9-6-10(13)8-11(14)7-9/h6-8,12,16H,4-5,15H2,1H3. The summed E-state index contributed by atoms with van der Waals surface area (Å²) in [5.74, 6) is 9.78. The van der Waals surface area contributed by atoms with Crippen LogP contribution in [0.25, 0.3) is 0 Å². The Morgan fingerprint density at radius 1 is 1.31 bits per heavy atom. The monoisotopic (exact) mass is 224 g/mol. The van der Waals surface area contributed by atoms with E-state index in [0.29, 0.717) is 18.4 Å². The van der Waals surface area contributed by atoms with Crippen LogP contribution in [0.15, 0.2) is 18.2 Å². The van der Waals surface area contributed by atoms with Gasteiger partial charge in [-0.1, -0.05) is 0 Å². The molecular weight excluding hydrogens is 210 g/mol. The molecule has 4 heteroatoms. The van der Waals surface area contributed by atoms with Crippen LogP contribution in [0.5, 0.6) is 0 Å². The van der Waals surface area contributed by atoms with E-state index in [9.17, 15) is 8.78 Å². The summed E-state index contributed by atoms with van der Waals surface area (Å²) in [6, 6.07) is 3.09. The molecule has 1 aromatic rings. The van der Waals surface area contributed by atoms with Crippen molar-refractivity contribution in [1.82, 2.24) is 5.43 Å². The molecule has 0 amide bonds. The van der Waals surface area contributed by atoms with Crippen LogP contribution in [-0.2, 0) is 0 Å². The summed E-state index contributed by atoms with van der Waals surface area (Å²) < 4.78 is 26.0. The smallest absolute Gasteiger partial charge is 0.126 e. The largest absolute Gasteiger partial charge is 0.271 e. The summed E-state index contributed by atoms with van der Waals surface area (Å²) in [5.41, 5.74) is 3.03. The van der Waals surface area contributed by atoms with E-state index in [2.05, 4.69) is 17.3 Å². The summed E-state index contributed by atoms with van der Waals surface area (Å²) in [6.45, 7) is 1.74. The van der Waals surface area contributed by atoms with Crippen LogP contribution in [0.2, 0.25) is 0 Å². The third kappa shape index (κ3) is 3.61. The molecule has 0 radical (unpaired) electrons. The fourth-order valence-electron chi connectivity index (χ4n) is 1.46. The van der Waals surface area contributed by atoms with Crippen LogP contribution in [0.1, 0.15) is 31.4 Å². The van der Waals surface area contributed by atoms with E-state index < -0.39 is 11.6 Å². The number of halogens is 2. The molecule has 0 aliphatic heterocycles. The van der Waals surface area contributed by atoms with Gasteiger partial charge in [0.1, 0.15) is 11.6 Å². The molecule has 1 aromatic carbocycles. The predicted octanol–water partition coefficient (Wildman–Crippen LogP) is 2.27. The van der Waals surface area contributed by atoms with Gasteiger partial charge in [-0.15, -0.1) is 11.8 Å². The second-order valence-corrected chi connectivity index (χ2v) is 3.39. The van der Waals surface area contributed by atoms with Gasteiger partial charge < -0.3 is 0 Å². The number of hydrogen-bond donors (Lipinski definition) is 2. The van der Waals surface area contributed by atoms with Crippen molar-refractivity contribution >= 4 is 0 Å². The van der Waals surface area contributed by atoms with Crippen LogP contribution in [0.4, 0.5) is 8.78 Å². The third-order valence-corrected chi connectivity index (χ3v) is 2.22. The van der Waals surface area contributed by atoms with Crippen molar-refractivity contribution in [3.05, 3.63) is 35.4 Å². The highest BCUT2D eigenvalue weighted by Gasteiger charge is 2.11. The Morgan fingerprint density at radius 2 is 1.94 bits per heavy atom. The minimum Gasteiger partial charge on any atom is -0.271 e. The zero-order chi connectivity index (χ0) is 12.0. The highest BCUT2D eigenvalue weighted by molar-refractivity contribution is 5.21. The molecule has 3 N–H and O–H groups in total. The van der Waals surface area contributed by atoms with Crippen LogP contribution in [0, 0.1) is 23.5 Å². The van der Waals surface area contributed by atoms with Crippen LogP contribution in [0.3, 0.4) is 0 Å². The van der Waals surface area contributed by atoms with Gasteiger partial charge in [0.05, 0.1) is 0 Å². The van der Waals surface area contributed by atoms with E-state index in [1.807, 2.05) is 0 Å². The number of hydrazine groups is 1. The van der Waals surface area contributed by atoms with Crippen molar-refractivity contribution in [1.29, 1.82) is 0 Å². The number of rotatable bonds is 4. The first-order chi connectivity index (χ1) is 7.67. The quantitative estimate of drug-likeness (QED) is 0.468. The maximum Gasteiger partial charge on any atom is 0.126 e. The summed E-state index contributed by atoms with van der Waals surface area (Å²) in [5, 5.41) is 0. The molecular formula is C12H14F2N2. The first-order valence-corrected chi connectivity index (χ1v) is 4.99. The fraction of sp³-hybridized carbons (Fsp3) is 0.333. The Hall–Kier alpha value is -1.44. The van der Waals surface area contributed by atoms with Crippen LogP contribution < -0.4 is 11.3 Å². The molecule has 0 fully saturated rings. The lowest BCUT2D eigenvalue weighted by atomic mass is 10.0. The number of hydrogen-bond acceptors (Lipinski definition) is 2. The van der Waals surface area contributed by atoms with Gasteiger partial charge in [-0.05, 0) is 31.0 Å². The van der Waals surface area contributed by atoms with E-state index in [0.717, 1.165) is 6.07 Å². The minimum atomic E-state index is -0.600. The molecule has 1 atom stereocenters. The first kappa shape index (κ1) is 12.6. The summed E-state index contributed by atoms with van der Waals surface area (Å²) in [7, 11) is 0. The number of benzene rings is 1. The van der Waals surface area contributed by atoms with Gasteiger partial charge in [0.25, 0.3) is 0 Å². The molecule has 0 bridgehead atoms. The molecule has 0 spiro atoms. The zero-order valence-corrected chi connectivity index (χ0v) is 9.06. The van der Waals surface area contributed by atoms with Crippen LogP contribution in [-0.4, -0.2) is 0 Å². The molecule has 2 nitrogen and oxygen atoms in total. The zero-order valence-electron chi connectivity index (χ0n) is 9.06. The molecule has 1 rings (SSSR count). The average Bonchev–Trinajstić information content (AvgIpc) is 2.23. The maximum atomic E-state index is 13.0. The van der Waals surface area contributed by atoms with Gasteiger partial charge in [-0.2, -0.15) is 0 Å². The number of nitrogens with two attached hydrogens (primary N) is 1. The molecule has 0 saturated heterocycles. The summed E-state index contributed by atoms with van der Waals surface area (Å²) >= 11 is 0. The first-order valence-electron chi connectivity index (χ1n) is 4.99. The Labute approximate surface area is 93.8 Å². The maximum absolute atomic E-state index is 13.0. The summed E-state index contributed by atoms with van der Waals surface area (Å²) in [6.07, 6.45) is 1.24. The normalized spacial score (nSPS) is 11.8. The van der Waals surface area contributed by atoms with Gasteiger partial charge in [0.2, 0.25) is 0 Å². The SMILES string of the molecule is CC#CCCC(NN)c1cc(F)cc(F)c1. The van der Waals surface area contributed by atoms with Crippen LogP contribution >= 0.6 is 0 Å². The molecule has 16 heavy (non-hydrogen) atoms. The second kappa shape index (κ2) is 6.21. The van der Waals surface area contributed by atoms with Gasteiger partial charge in [-0.3, -0.25) is 11.3 Å². The van der Waals surface area contributed by atoms with Crippen molar-refractivity contribution in [2.24, 2.45) is 5.84 Å². The molecule has 0 saturated carbocycles. The van der Waals surface area contributed by atoms with E-state index in [1.54, 1.807) is 6.92 Å². The fourth-order valence-corrected chi connectivity index (χ4v) is 1.46.